The first-order chi connectivity index (χ1) is 14.0. The molecule has 7 nitrogen and oxygen atoms in total. The summed E-state index contributed by atoms with van der Waals surface area (Å²) in [6.07, 6.45) is 5.24. The van der Waals surface area contributed by atoms with Crippen molar-refractivity contribution in [1.82, 2.24) is 14.8 Å². The van der Waals surface area contributed by atoms with Crippen LogP contribution in [0.3, 0.4) is 0 Å². The van der Waals surface area contributed by atoms with E-state index in [0.717, 1.165) is 42.3 Å². The highest BCUT2D eigenvalue weighted by atomic mass is 16.5. The fourth-order valence-corrected chi connectivity index (χ4v) is 3.81. The average molecular weight is 394 g/mol. The molecule has 0 atom stereocenters. The number of hydrogen-bond acceptors (Lipinski definition) is 5. The van der Waals surface area contributed by atoms with Crippen LogP contribution in [-0.4, -0.2) is 38.5 Å². The van der Waals surface area contributed by atoms with Gasteiger partial charge in [0.15, 0.2) is 0 Å². The van der Waals surface area contributed by atoms with Gasteiger partial charge in [-0.15, -0.1) is 0 Å². The molecule has 1 saturated carbocycles. The maximum atomic E-state index is 12.7. The summed E-state index contributed by atoms with van der Waals surface area (Å²) in [5.41, 5.74) is 2.58. The molecule has 0 radical (unpaired) electrons. The monoisotopic (exact) mass is 394 g/mol. The Morgan fingerprint density at radius 1 is 1.28 bits per heavy atom. The molecule has 29 heavy (non-hydrogen) atoms. The third-order valence-corrected chi connectivity index (χ3v) is 5.33. The number of nitrogens with one attached hydrogen (secondary N) is 1. The van der Waals surface area contributed by atoms with Crippen LogP contribution in [-0.2, 0) is 0 Å². The lowest BCUT2D eigenvalue weighted by Crippen LogP contribution is -2.21. The first kappa shape index (κ1) is 19.4. The molecule has 0 unspecified atom stereocenters. The molecule has 1 aliphatic rings. The summed E-state index contributed by atoms with van der Waals surface area (Å²) < 4.78 is 7.74. The second-order valence-corrected chi connectivity index (χ2v) is 7.53. The zero-order chi connectivity index (χ0) is 20.4. The van der Waals surface area contributed by atoms with E-state index in [1.54, 1.807) is 6.07 Å². The van der Waals surface area contributed by atoms with Crippen molar-refractivity contribution in [3.63, 3.8) is 0 Å². The van der Waals surface area contributed by atoms with Gasteiger partial charge in [0.25, 0.3) is 5.91 Å². The number of benzene rings is 1. The summed E-state index contributed by atoms with van der Waals surface area (Å²) in [4.78, 5) is 17.0. The van der Waals surface area contributed by atoms with Gasteiger partial charge in [0.1, 0.15) is 11.4 Å². The van der Waals surface area contributed by atoms with Crippen LogP contribution >= 0.6 is 0 Å². The topological polar surface area (TPSA) is 89.3 Å². The molecule has 2 N–H and O–H groups in total. The summed E-state index contributed by atoms with van der Waals surface area (Å²) in [5.74, 6) is 0.313. The smallest absolute Gasteiger partial charge is 0.274 e. The summed E-state index contributed by atoms with van der Waals surface area (Å²) in [5, 5.41) is 18.3. The fourth-order valence-electron chi connectivity index (χ4n) is 3.81. The molecule has 1 amide bonds. The van der Waals surface area contributed by atoms with Crippen molar-refractivity contribution in [3.8, 4) is 5.75 Å². The highest BCUT2D eigenvalue weighted by Crippen LogP contribution is 2.33. The normalized spacial score (nSPS) is 19.3. The number of pyridine rings is 1. The van der Waals surface area contributed by atoms with Gasteiger partial charge >= 0.3 is 0 Å². The van der Waals surface area contributed by atoms with Crippen LogP contribution in [0.4, 0.5) is 5.69 Å². The lowest BCUT2D eigenvalue weighted by molar-refractivity contribution is 0.102. The molecule has 1 aromatic carbocycles. The van der Waals surface area contributed by atoms with E-state index in [4.69, 9.17) is 9.84 Å². The fraction of sp³-hybridized carbons (Fsp3) is 0.409. The van der Waals surface area contributed by atoms with Gasteiger partial charge in [-0.2, -0.15) is 5.10 Å². The standard InChI is InChI=1S/C22H26N4O3/c1-3-29-21-12-19-15(13-26(25-19)16-7-9-17(27)10-8-16)11-20(21)24-22(28)18-6-4-5-14(2)23-18/h4-6,11-13,16-17,27H,3,7-10H2,1-2H3,(H,24,28)/t16-,17+. The number of carbonyl (C=O) groups is 1. The van der Waals surface area contributed by atoms with Crippen molar-refractivity contribution in [1.29, 1.82) is 0 Å². The van der Waals surface area contributed by atoms with Crippen molar-refractivity contribution >= 4 is 22.5 Å². The number of amides is 1. The van der Waals surface area contributed by atoms with Gasteiger partial charge < -0.3 is 15.2 Å². The minimum Gasteiger partial charge on any atom is -0.492 e. The molecule has 0 aliphatic heterocycles. The third kappa shape index (κ3) is 4.24. The second kappa shape index (κ2) is 8.21. The van der Waals surface area contributed by atoms with E-state index in [1.807, 2.05) is 49.0 Å². The summed E-state index contributed by atoms with van der Waals surface area (Å²) in [6, 6.07) is 9.41. The summed E-state index contributed by atoms with van der Waals surface area (Å²) in [6.45, 7) is 4.25. The Kier molecular flexibility index (Phi) is 5.49. The predicted molar refractivity (Wildman–Crippen MR) is 111 cm³/mol. The van der Waals surface area contributed by atoms with Crippen LogP contribution < -0.4 is 10.1 Å². The van der Waals surface area contributed by atoms with E-state index < -0.39 is 0 Å². The molecule has 0 bridgehead atoms. The Hall–Kier alpha value is -2.93. The molecule has 0 spiro atoms. The van der Waals surface area contributed by atoms with E-state index >= 15 is 0 Å². The van der Waals surface area contributed by atoms with Gasteiger partial charge in [-0.1, -0.05) is 6.07 Å². The zero-order valence-corrected chi connectivity index (χ0v) is 16.8. The van der Waals surface area contributed by atoms with E-state index in [0.29, 0.717) is 23.7 Å². The number of carbonyl (C=O) groups excluding carboxylic acids is 1. The number of anilines is 1. The maximum Gasteiger partial charge on any atom is 0.274 e. The number of aliphatic hydroxyl groups is 1. The summed E-state index contributed by atoms with van der Waals surface area (Å²) in [7, 11) is 0. The van der Waals surface area contributed by atoms with Crippen LogP contribution in [0.1, 0.15) is 54.8 Å². The molecule has 152 valence electrons. The first-order valence-electron chi connectivity index (χ1n) is 10.1. The van der Waals surface area contributed by atoms with E-state index in [2.05, 4.69) is 10.3 Å². The molecule has 2 heterocycles. The SMILES string of the molecule is CCOc1cc2nn([C@H]3CC[C@@H](O)CC3)cc2cc1NC(=O)c1cccc(C)n1. The highest BCUT2D eigenvalue weighted by Gasteiger charge is 2.22. The van der Waals surface area contributed by atoms with Crippen LogP contribution in [0.2, 0.25) is 0 Å². The molecule has 1 fully saturated rings. The van der Waals surface area contributed by atoms with Crippen molar-refractivity contribution < 1.29 is 14.6 Å². The molecule has 3 aromatic rings. The molecule has 2 aromatic heterocycles. The van der Waals surface area contributed by atoms with Gasteiger partial charge in [0.05, 0.1) is 30.0 Å². The lowest BCUT2D eigenvalue weighted by atomic mass is 9.93. The van der Waals surface area contributed by atoms with Crippen molar-refractivity contribution in [2.45, 2.75) is 51.7 Å². The van der Waals surface area contributed by atoms with Gasteiger partial charge in [0.2, 0.25) is 0 Å². The maximum absolute atomic E-state index is 12.7. The number of hydrogen-bond donors (Lipinski definition) is 2. The van der Waals surface area contributed by atoms with Crippen LogP contribution in [0.5, 0.6) is 5.75 Å². The molecule has 4 rings (SSSR count). The largest absolute Gasteiger partial charge is 0.492 e. The van der Waals surface area contributed by atoms with Gasteiger partial charge in [-0.25, -0.2) is 4.98 Å². The Balaban J connectivity index is 1.63. The van der Waals surface area contributed by atoms with E-state index in [-0.39, 0.29) is 18.1 Å². The molecule has 0 saturated heterocycles. The number of nitrogens with zero attached hydrogens (tertiary/aromatic N) is 3. The molecular weight excluding hydrogens is 368 g/mol. The zero-order valence-electron chi connectivity index (χ0n) is 16.8. The molecular formula is C22H26N4O3. The minimum absolute atomic E-state index is 0.196. The average Bonchev–Trinajstić information content (AvgIpc) is 3.11. The van der Waals surface area contributed by atoms with Gasteiger partial charge in [0, 0.05) is 23.3 Å². The van der Waals surface area contributed by atoms with E-state index in [1.165, 1.54) is 0 Å². The molecule has 1 aliphatic carbocycles. The minimum atomic E-state index is -0.275. The Morgan fingerprint density at radius 2 is 2.07 bits per heavy atom. The number of aryl methyl sites for hydroxylation is 1. The van der Waals surface area contributed by atoms with Gasteiger partial charge in [-0.3, -0.25) is 9.48 Å². The predicted octanol–water partition coefficient (Wildman–Crippen LogP) is 3.87. The van der Waals surface area contributed by atoms with Crippen molar-refractivity contribution in [2.24, 2.45) is 0 Å². The Labute approximate surface area is 169 Å². The third-order valence-electron chi connectivity index (χ3n) is 5.33. The van der Waals surface area contributed by atoms with Crippen LogP contribution in [0.25, 0.3) is 10.9 Å². The number of rotatable bonds is 5. The first-order valence-corrected chi connectivity index (χ1v) is 10.1. The quantitative estimate of drug-likeness (QED) is 0.686. The number of aliphatic hydroxyl groups excluding tert-OH is 1. The molecule has 7 heteroatoms. The summed E-state index contributed by atoms with van der Waals surface area (Å²) >= 11 is 0. The van der Waals surface area contributed by atoms with Crippen molar-refractivity contribution in [2.75, 3.05) is 11.9 Å². The van der Waals surface area contributed by atoms with E-state index in [9.17, 15) is 9.90 Å². The number of fused-ring (bicyclic) bond motifs is 1. The van der Waals surface area contributed by atoms with Crippen molar-refractivity contribution in [3.05, 3.63) is 47.9 Å². The lowest BCUT2D eigenvalue weighted by Gasteiger charge is -2.25. The highest BCUT2D eigenvalue weighted by molar-refractivity contribution is 6.05. The van der Waals surface area contributed by atoms with Crippen LogP contribution in [0, 0.1) is 6.92 Å². The Bertz CT molecular complexity index is 1020. The second-order valence-electron chi connectivity index (χ2n) is 7.53. The van der Waals surface area contributed by atoms with Gasteiger partial charge in [-0.05, 0) is 57.7 Å². The number of ether oxygens (including phenoxy) is 1. The number of aromatic nitrogens is 3. The Morgan fingerprint density at radius 3 is 2.79 bits per heavy atom. The van der Waals surface area contributed by atoms with Crippen LogP contribution in [0.15, 0.2) is 36.5 Å².